The van der Waals surface area contributed by atoms with Crippen molar-refractivity contribution in [2.75, 3.05) is 40.4 Å². The summed E-state index contributed by atoms with van der Waals surface area (Å²) in [4.78, 5) is 45.8. The van der Waals surface area contributed by atoms with Crippen LogP contribution in [0.1, 0.15) is 70.4 Å². The molecular weight excluding hydrogens is 516 g/mol. The van der Waals surface area contributed by atoms with Gasteiger partial charge < -0.3 is 19.3 Å². The molecule has 0 aliphatic carbocycles. The Kier molecular flexibility index (Phi) is 9.02. The summed E-state index contributed by atoms with van der Waals surface area (Å²) in [5.74, 6) is 0.957. The van der Waals surface area contributed by atoms with Crippen LogP contribution in [0.2, 0.25) is 0 Å². The maximum absolute atomic E-state index is 14.4. The van der Waals surface area contributed by atoms with Gasteiger partial charge in [0.05, 0.1) is 20.6 Å². The molecule has 0 radical (unpaired) electrons. The number of rotatable bonds is 8. The third-order valence-corrected chi connectivity index (χ3v) is 8.20. The molecule has 3 aromatic rings. The maximum atomic E-state index is 14.4. The number of likely N-dealkylation sites (tertiary alicyclic amines) is 2. The number of carbonyl (C=O) groups is 3. The summed E-state index contributed by atoms with van der Waals surface area (Å²) in [6, 6.07) is 18.1. The van der Waals surface area contributed by atoms with Gasteiger partial charge in [-0.3, -0.25) is 14.4 Å². The Morgan fingerprint density at radius 3 is 1.76 bits per heavy atom. The molecule has 0 N–H and O–H groups in total. The third kappa shape index (κ3) is 6.29. The van der Waals surface area contributed by atoms with Gasteiger partial charge in [-0.2, -0.15) is 0 Å². The highest BCUT2D eigenvalue weighted by Gasteiger charge is 2.30. The fourth-order valence-electron chi connectivity index (χ4n) is 5.86. The van der Waals surface area contributed by atoms with Gasteiger partial charge in [0, 0.05) is 42.9 Å². The molecule has 214 valence electrons. The minimum absolute atomic E-state index is 0.00383. The van der Waals surface area contributed by atoms with Crippen LogP contribution < -0.4 is 9.47 Å². The molecule has 2 amide bonds. The first-order valence-electron chi connectivity index (χ1n) is 14.6. The van der Waals surface area contributed by atoms with Gasteiger partial charge in [0.25, 0.3) is 5.91 Å². The Bertz CT molecular complexity index is 1390. The number of ether oxygens (including phenoxy) is 2. The van der Waals surface area contributed by atoms with E-state index in [1.807, 2.05) is 40.1 Å². The Balaban J connectivity index is 1.68. The predicted octanol–water partition coefficient (Wildman–Crippen LogP) is 5.78. The van der Waals surface area contributed by atoms with E-state index in [0.29, 0.717) is 65.5 Å². The van der Waals surface area contributed by atoms with E-state index in [1.54, 1.807) is 44.6 Å². The molecular formula is C34H38N2O5. The Morgan fingerprint density at radius 2 is 1.20 bits per heavy atom. The third-order valence-electron chi connectivity index (χ3n) is 8.20. The number of hydrogen-bond acceptors (Lipinski definition) is 5. The highest BCUT2D eigenvalue weighted by Crippen LogP contribution is 2.34. The van der Waals surface area contributed by atoms with Crippen molar-refractivity contribution >= 4 is 17.6 Å². The quantitative estimate of drug-likeness (QED) is 0.330. The van der Waals surface area contributed by atoms with Gasteiger partial charge in [0.1, 0.15) is 11.5 Å². The predicted molar refractivity (Wildman–Crippen MR) is 159 cm³/mol. The number of nitrogens with zero attached hydrogens (tertiary/aromatic N) is 2. The molecule has 7 nitrogen and oxygen atoms in total. The van der Waals surface area contributed by atoms with Crippen LogP contribution in [0.4, 0.5) is 0 Å². The smallest absolute Gasteiger partial charge is 0.254 e. The van der Waals surface area contributed by atoms with E-state index >= 15 is 0 Å². The van der Waals surface area contributed by atoms with Crippen molar-refractivity contribution in [1.82, 2.24) is 9.80 Å². The van der Waals surface area contributed by atoms with Crippen LogP contribution >= 0.6 is 0 Å². The molecule has 2 fully saturated rings. The van der Waals surface area contributed by atoms with Gasteiger partial charge in [-0.15, -0.1) is 0 Å². The SMILES string of the molecule is COc1ccc(C(=O)c2c(-c3ccc(OC)cc3)ccc(C(=O)N3CCCCC3)c2CC(=O)N2CCCCC2)cc1. The Hall–Kier alpha value is -4.13. The highest BCUT2D eigenvalue weighted by molar-refractivity contribution is 6.16. The fourth-order valence-corrected chi connectivity index (χ4v) is 5.86. The summed E-state index contributed by atoms with van der Waals surface area (Å²) >= 11 is 0. The fraction of sp³-hybridized carbons (Fsp3) is 0.382. The van der Waals surface area contributed by atoms with E-state index in [4.69, 9.17) is 9.47 Å². The number of amides is 2. The normalized spacial score (nSPS) is 15.4. The van der Waals surface area contributed by atoms with Crippen molar-refractivity contribution in [2.45, 2.75) is 44.9 Å². The van der Waals surface area contributed by atoms with E-state index in [0.717, 1.165) is 44.1 Å². The zero-order valence-corrected chi connectivity index (χ0v) is 24.0. The topological polar surface area (TPSA) is 76.1 Å². The average molecular weight is 555 g/mol. The summed E-state index contributed by atoms with van der Waals surface area (Å²) in [6.07, 6.45) is 6.04. The second-order valence-electron chi connectivity index (χ2n) is 10.8. The van der Waals surface area contributed by atoms with E-state index < -0.39 is 0 Å². The molecule has 2 aliphatic heterocycles. The summed E-state index contributed by atoms with van der Waals surface area (Å²) in [5.41, 5.74) is 3.30. The molecule has 0 atom stereocenters. The van der Waals surface area contributed by atoms with Crippen LogP contribution in [-0.2, 0) is 11.2 Å². The van der Waals surface area contributed by atoms with E-state index in [1.165, 1.54) is 0 Å². The number of carbonyl (C=O) groups excluding carboxylic acids is 3. The molecule has 0 bridgehead atoms. The highest BCUT2D eigenvalue weighted by atomic mass is 16.5. The van der Waals surface area contributed by atoms with Crippen LogP contribution in [0.5, 0.6) is 11.5 Å². The van der Waals surface area contributed by atoms with Gasteiger partial charge in [-0.05, 0) is 97.7 Å². The molecule has 2 aliphatic rings. The van der Waals surface area contributed by atoms with Crippen molar-refractivity contribution in [1.29, 1.82) is 0 Å². The van der Waals surface area contributed by atoms with Crippen molar-refractivity contribution in [3.63, 3.8) is 0 Å². The Labute approximate surface area is 242 Å². The molecule has 41 heavy (non-hydrogen) atoms. The lowest BCUT2D eigenvalue weighted by Crippen LogP contribution is -2.39. The number of piperidine rings is 2. The molecule has 5 rings (SSSR count). The standard InChI is InChI=1S/C34H38N2O5/c1-40-26-13-9-24(10-14-26)28-17-18-29(34(39)36-21-7-4-8-22-36)30(23-31(37)35-19-5-3-6-20-35)32(28)33(38)25-11-15-27(41-2)16-12-25/h9-18H,3-8,19-23H2,1-2H3. The van der Waals surface area contributed by atoms with Gasteiger partial charge in [-0.1, -0.05) is 18.2 Å². The lowest BCUT2D eigenvalue weighted by molar-refractivity contribution is -0.131. The lowest BCUT2D eigenvalue weighted by Gasteiger charge is -2.30. The van der Waals surface area contributed by atoms with Crippen molar-refractivity contribution in [2.24, 2.45) is 0 Å². The van der Waals surface area contributed by atoms with Gasteiger partial charge >= 0.3 is 0 Å². The van der Waals surface area contributed by atoms with E-state index in [-0.39, 0.29) is 24.0 Å². The molecule has 2 heterocycles. The monoisotopic (exact) mass is 554 g/mol. The number of methoxy groups -OCH3 is 2. The molecule has 0 spiro atoms. The first-order chi connectivity index (χ1) is 20.0. The van der Waals surface area contributed by atoms with Crippen LogP contribution in [-0.4, -0.2) is 67.8 Å². The van der Waals surface area contributed by atoms with Crippen molar-refractivity contribution < 1.29 is 23.9 Å². The minimum atomic E-state index is -0.229. The van der Waals surface area contributed by atoms with Crippen LogP contribution in [0.25, 0.3) is 11.1 Å². The van der Waals surface area contributed by atoms with Gasteiger partial charge in [0.2, 0.25) is 5.91 Å². The summed E-state index contributed by atoms with van der Waals surface area (Å²) in [7, 11) is 3.19. The molecule has 0 aromatic heterocycles. The van der Waals surface area contributed by atoms with E-state index in [2.05, 4.69) is 0 Å². The largest absolute Gasteiger partial charge is 0.497 e. The summed E-state index contributed by atoms with van der Waals surface area (Å²) in [5, 5.41) is 0. The van der Waals surface area contributed by atoms with Crippen LogP contribution in [0.3, 0.4) is 0 Å². The molecule has 0 unspecified atom stereocenters. The maximum Gasteiger partial charge on any atom is 0.254 e. The molecule has 7 heteroatoms. The second-order valence-corrected chi connectivity index (χ2v) is 10.8. The number of hydrogen-bond donors (Lipinski definition) is 0. The first kappa shape index (κ1) is 28.4. The van der Waals surface area contributed by atoms with Crippen LogP contribution in [0, 0.1) is 0 Å². The van der Waals surface area contributed by atoms with E-state index in [9.17, 15) is 14.4 Å². The molecule has 2 saturated heterocycles. The van der Waals surface area contributed by atoms with Gasteiger partial charge in [0.15, 0.2) is 5.78 Å². The Morgan fingerprint density at radius 1 is 0.659 bits per heavy atom. The zero-order chi connectivity index (χ0) is 28.8. The average Bonchev–Trinajstić information content (AvgIpc) is 3.04. The second kappa shape index (κ2) is 13.0. The van der Waals surface area contributed by atoms with Crippen LogP contribution in [0.15, 0.2) is 60.7 Å². The molecule has 3 aromatic carbocycles. The summed E-state index contributed by atoms with van der Waals surface area (Å²) in [6.45, 7) is 2.77. The number of ketones is 1. The summed E-state index contributed by atoms with van der Waals surface area (Å²) < 4.78 is 10.7. The zero-order valence-electron chi connectivity index (χ0n) is 24.0. The van der Waals surface area contributed by atoms with Crippen molar-refractivity contribution in [3.8, 4) is 22.6 Å². The first-order valence-corrected chi connectivity index (χ1v) is 14.6. The minimum Gasteiger partial charge on any atom is -0.497 e. The molecule has 0 saturated carbocycles. The number of benzene rings is 3. The van der Waals surface area contributed by atoms with Gasteiger partial charge in [-0.25, -0.2) is 0 Å². The van der Waals surface area contributed by atoms with Crippen molar-refractivity contribution in [3.05, 3.63) is 82.9 Å². The lowest BCUT2D eigenvalue weighted by atomic mass is 9.85.